The number of morpholine rings is 1. The van der Waals surface area contributed by atoms with E-state index in [1.165, 1.54) is 0 Å². The van der Waals surface area contributed by atoms with E-state index in [-0.39, 0.29) is 42.9 Å². The van der Waals surface area contributed by atoms with E-state index in [0.29, 0.717) is 25.6 Å². The zero-order chi connectivity index (χ0) is 14.5. The van der Waals surface area contributed by atoms with Crippen LogP contribution in [0, 0.1) is 0 Å². The molecule has 0 bridgehead atoms. The Morgan fingerprint density at radius 1 is 1.41 bits per heavy atom. The van der Waals surface area contributed by atoms with E-state index in [4.69, 9.17) is 4.74 Å². The van der Waals surface area contributed by atoms with E-state index in [2.05, 4.69) is 17.1 Å². The molecule has 0 aromatic carbocycles. The second kappa shape index (κ2) is 10.6. The molecule has 3 unspecified atom stereocenters. The number of aliphatic hydroxyl groups excluding tert-OH is 1. The Morgan fingerprint density at radius 2 is 2.14 bits per heavy atom. The second-order valence-corrected chi connectivity index (χ2v) is 5.96. The summed E-state index contributed by atoms with van der Waals surface area (Å²) in [6.45, 7) is 9.14. The maximum Gasteiger partial charge on any atom is 0.224 e. The molecule has 2 N–H and O–H groups in total. The van der Waals surface area contributed by atoms with Gasteiger partial charge in [0.2, 0.25) is 5.91 Å². The number of nitrogens with zero attached hydrogens (tertiary/aromatic N) is 2. The summed E-state index contributed by atoms with van der Waals surface area (Å²) in [5, 5.41) is 12.8. The molecule has 0 spiro atoms. The van der Waals surface area contributed by atoms with E-state index in [1.54, 1.807) is 6.92 Å². The predicted molar refractivity (Wildman–Crippen MR) is 91.0 cm³/mol. The molecule has 0 aromatic rings. The number of carbonyl (C=O) groups is 1. The summed E-state index contributed by atoms with van der Waals surface area (Å²) < 4.78 is 5.38. The number of aliphatic hydroxyl groups is 1. The molecule has 2 aliphatic heterocycles. The van der Waals surface area contributed by atoms with Crippen LogP contribution in [0.2, 0.25) is 0 Å². The summed E-state index contributed by atoms with van der Waals surface area (Å²) in [6.07, 6.45) is 0.201. The van der Waals surface area contributed by atoms with Gasteiger partial charge in [0, 0.05) is 51.2 Å². The molecule has 8 heteroatoms. The SMILES string of the molecule is CC(O)CN1CCN(C(=O)CC2COCCN2)CC1C.Cl.Cl. The van der Waals surface area contributed by atoms with E-state index < -0.39 is 0 Å². The fraction of sp³-hybridized carbons (Fsp3) is 0.929. The summed E-state index contributed by atoms with van der Waals surface area (Å²) in [7, 11) is 0. The highest BCUT2D eigenvalue weighted by Gasteiger charge is 2.28. The van der Waals surface area contributed by atoms with Crippen molar-refractivity contribution >= 4 is 30.7 Å². The maximum absolute atomic E-state index is 12.3. The fourth-order valence-corrected chi connectivity index (χ4v) is 2.92. The lowest BCUT2D eigenvalue weighted by atomic mass is 10.1. The van der Waals surface area contributed by atoms with Gasteiger partial charge in [-0.1, -0.05) is 0 Å². The molecule has 6 nitrogen and oxygen atoms in total. The molecule has 22 heavy (non-hydrogen) atoms. The average Bonchev–Trinajstić information content (AvgIpc) is 2.41. The third-order valence-electron chi connectivity index (χ3n) is 4.04. The third-order valence-corrected chi connectivity index (χ3v) is 4.04. The van der Waals surface area contributed by atoms with Crippen LogP contribution in [0.3, 0.4) is 0 Å². The van der Waals surface area contributed by atoms with Gasteiger partial charge in [-0.05, 0) is 13.8 Å². The lowest BCUT2D eigenvalue weighted by Crippen LogP contribution is -2.56. The summed E-state index contributed by atoms with van der Waals surface area (Å²) in [5.74, 6) is 0.205. The van der Waals surface area contributed by atoms with Crippen molar-refractivity contribution in [1.82, 2.24) is 15.1 Å². The molecule has 2 fully saturated rings. The van der Waals surface area contributed by atoms with E-state index in [1.807, 2.05) is 4.90 Å². The highest BCUT2D eigenvalue weighted by molar-refractivity contribution is 5.85. The number of carbonyl (C=O) groups excluding carboxylic acids is 1. The van der Waals surface area contributed by atoms with Crippen molar-refractivity contribution in [3.8, 4) is 0 Å². The van der Waals surface area contributed by atoms with Crippen LogP contribution in [0.5, 0.6) is 0 Å². The number of hydrogen-bond donors (Lipinski definition) is 2. The molecular weight excluding hydrogens is 329 g/mol. The first-order valence-electron chi connectivity index (χ1n) is 7.57. The van der Waals surface area contributed by atoms with E-state index in [0.717, 1.165) is 32.8 Å². The molecule has 2 rings (SSSR count). The normalized spacial score (nSPS) is 27.5. The van der Waals surface area contributed by atoms with E-state index in [9.17, 15) is 9.90 Å². The molecule has 2 saturated heterocycles. The third kappa shape index (κ3) is 6.56. The van der Waals surface area contributed by atoms with Gasteiger partial charge in [0.25, 0.3) is 0 Å². The van der Waals surface area contributed by atoms with Crippen molar-refractivity contribution in [2.75, 3.05) is 45.9 Å². The van der Waals surface area contributed by atoms with Gasteiger partial charge in [-0.15, -0.1) is 24.8 Å². The largest absolute Gasteiger partial charge is 0.392 e. The van der Waals surface area contributed by atoms with Gasteiger partial charge in [0.15, 0.2) is 0 Å². The topological polar surface area (TPSA) is 65.0 Å². The highest BCUT2D eigenvalue weighted by Crippen LogP contribution is 2.12. The fourth-order valence-electron chi connectivity index (χ4n) is 2.92. The minimum atomic E-state index is -0.316. The highest BCUT2D eigenvalue weighted by atomic mass is 35.5. The minimum absolute atomic E-state index is 0. The van der Waals surface area contributed by atoms with Crippen molar-refractivity contribution in [3.63, 3.8) is 0 Å². The number of hydrogen-bond acceptors (Lipinski definition) is 5. The zero-order valence-electron chi connectivity index (χ0n) is 13.4. The van der Waals surface area contributed by atoms with Crippen molar-refractivity contribution in [1.29, 1.82) is 0 Å². The first-order valence-corrected chi connectivity index (χ1v) is 7.57. The Labute approximate surface area is 145 Å². The molecular formula is C14H29Cl2N3O3. The Bertz CT molecular complexity index is 328. The number of piperazine rings is 1. The van der Waals surface area contributed by atoms with Crippen LogP contribution in [-0.2, 0) is 9.53 Å². The Balaban J connectivity index is 0.00000220. The van der Waals surface area contributed by atoms with Gasteiger partial charge in [0.05, 0.1) is 19.3 Å². The monoisotopic (exact) mass is 357 g/mol. The van der Waals surface area contributed by atoms with Crippen LogP contribution in [0.15, 0.2) is 0 Å². The quantitative estimate of drug-likeness (QED) is 0.748. The van der Waals surface area contributed by atoms with E-state index >= 15 is 0 Å². The molecule has 3 atom stereocenters. The molecule has 2 aliphatic rings. The summed E-state index contributed by atoms with van der Waals surface area (Å²) in [5.41, 5.74) is 0. The Morgan fingerprint density at radius 3 is 2.68 bits per heavy atom. The van der Waals surface area contributed by atoms with Gasteiger partial charge in [-0.25, -0.2) is 0 Å². The van der Waals surface area contributed by atoms with Gasteiger partial charge < -0.3 is 20.1 Å². The summed E-state index contributed by atoms with van der Waals surface area (Å²) >= 11 is 0. The molecule has 0 saturated carbocycles. The lowest BCUT2D eigenvalue weighted by molar-refractivity contribution is -0.135. The number of β-amino-alcohol motifs (C(OH)–C–C–N with tert-alkyl or cyclic N) is 1. The van der Waals surface area contributed by atoms with Crippen LogP contribution in [0.25, 0.3) is 0 Å². The Hall–Kier alpha value is -0.110. The molecule has 0 radical (unpaired) electrons. The van der Waals surface area contributed by atoms with Crippen molar-refractivity contribution < 1.29 is 14.6 Å². The average molecular weight is 358 g/mol. The first-order chi connectivity index (χ1) is 9.56. The Kier molecular flexibility index (Phi) is 10.6. The van der Waals surface area contributed by atoms with Gasteiger partial charge in [-0.2, -0.15) is 0 Å². The van der Waals surface area contributed by atoms with Crippen molar-refractivity contribution in [2.24, 2.45) is 0 Å². The van der Waals surface area contributed by atoms with Gasteiger partial charge >= 0.3 is 0 Å². The minimum Gasteiger partial charge on any atom is -0.392 e. The zero-order valence-corrected chi connectivity index (χ0v) is 15.0. The second-order valence-electron chi connectivity index (χ2n) is 5.96. The van der Waals surface area contributed by atoms with Crippen LogP contribution >= 0.6 is 24.8 Å². The van der Waals surface area contributed by atoms with Gasteiger partial charge in [-0.3, -0.25) is 9.69 Å². The molecule has 0 aliphatic carbocycles. The summed E-state index contributed by atoms with van der Waals surface area (Å²) in [4.78, 5) is 16.5. The van der Waals surface area contributed by atoms with Crippen LogP contribution in [0.1, 0.15) is 20.3 Å². The maximum atomic E-state index is 12.3. The molecule has 1 amide bonds. The standard InChI is InChI=1S/C14H27N3O3.2ClH/c1-11-8-17(5-4-16(11)9-12(2)18)14(19)7-13-10-20-6-3-15-13;;/h11-13,15,18H,3-10H2,1-2H3;2*1H. The smallest absolute Gasteiger partial charge is 0.224 e. The van der Waals surface area contributed by atoms with Crippen molar-refractivity contribution in [2.45, 2.75) is 38.5 Å². The number of rotatable bonds is 4. The molecule has 0 aromatic heterocycles. The first kappa shape index (κ1) is 21.9. The molecule has 2 heterocycles. The predicted octanol–water partition coefficient (Wildman–Crippen LogP) is 0.122. The van der Waals surface area contributed by atoms with Crippen molar-refractivity contribution in [3.05, 3.63) is 0 Å². The number of ether oxygens (including phenoxy) is 1. The molecule has 132 valence electrons. The van der Waals surface area contributed by atoms with Crippen LogP contribution in [-0.4, -0.2) is 84.9 Å². The number of halogens is 2. The number of nitrogens with one attached hydrogen (secondary N) is 1. The summed E-state index contributed by atoms with van der Waals surface area (Å²) in [6, 6.07) is 0.458. The number of amides is 1. The van der Waals surface area contributed by atoms with Crippen LogP contribution < -0.4 is 5.32 Å². The van der Waals surface area contributed by atoms with Gasteiger partial charge in [0.1, 0.15) is 0 Å². The van der Waals surface area contributed by atoms with Crippen LogP contribution in [0.4, 0.5) is 0 Å². The lowest BCUT2D eigenvalue weighted by Gasteiger charge is -2.41.